The van der Waals surface area contributed by atoms with Crippen LogP contribution >= 0.6 is 0 Å². The number of nitrogens with zero attached hydrogens (tertiary/aromatic N) is 4. The molecule has 0 saturated carbocycles. The Labute approximate surface area is 167 Å². The second kappa shape index (κ2) is 7.01. The average molecular weight is 385 g/mol. The minimum atomic E-state index is -0.150. The van der Waals surface area contributed by atoms with E-state index >= 15 is 0 Å². The lowest BCUT2D eigenvalue weighted by molar-refractivity contribution is 0.0924. The summed E-state index contributed by atoms with van der Waals surface area (Å²) in [5.41, 5.74) is 4.09. The van der Waals surface area contributed by atoms with E-state index in [1.54, 1.807) is 35.2 Å². The van der Waals surface area contributed by atoms with Crippen molar-refractivity contribution in [3.63, 3.8) is 0 Å². The Bertz CT molecular complexity index is 1220. The minimum absolute atomic E-state index is 0.0761. The van der Waals surface area contributed by atoms with Gasteiger partial charge in [0, 0.05) is 36.1 Å². The first-order valence-corrected chi connectivity index (χ1v) is 9.48. The van der Waals surface area contributed by atoms with Crippen molar-refractivity contribution in [2.24, 2.45) is 0 Å². The second-order valence-electron chi connectivity index (χ2n) is 7.11. The number of fused-ring (bicyclic) bond motifs is 2. The van der Waals surface area contributed by atoms with Gasteiger partial charge in [-0.1, -0.05) is 18.2 Å². The highest BCUT2D eigenvalue weighted by molar-refractivity contribution is 5.94. The van der Waals surface area contributed by atoms with Crippen LogP contribution in [0, 0.1) is 6.92 Å². The van der Waals surface area contributed by atoms with Crippen molar-refractivity contribution in [1.82, 2.24) is 24.9 Å². The lowest BCUT2D eigenvalue weighted by atomic mass is 10.0. The standard InChI is InChI=1S/C22H19N5O2/c1-14-10-16(12-23-11-14)21-25-20-7-6-15(13-27(20)26-21)22(28)24-18-8-9-29-19-5-3-2-4-17(18)19/h2-7,10-13,18H,8-9H2,1H3,(H,24,28)/t18-/m0/s1. The molecule has 3 aromatic heterocycles. The molecule has 1 aliphatic heterocycles. The largest absolute Gasteiger partial charge is 0.493 e. The molecule has 7 nitrogen and oxygen atoms in total. The zero-order valence-corrected chi connectivity index (χ0v) is 15.9. The Morgan fingerprint density at radius 1 is 1.21 bits per heavy atom. The smallest absolute Gasteiger partial charge is 0.253 e. The van der Waals surface area contributed by atoms with Gasteiger partial charge in [0.1, 0.15) is 5.75 Å². The fraction of sp³-hybridized carbons (Fsp3) is 0.182. The number of hydrogen-bond acceptors (Lipinski definition) is 5. The van der Waals surface area contributed by atoms with Gasteiger partial charge in [-0.25, -0.2) is 9.50 Å². The number of carbonyl (C=O) groups is 1. The summed E-state index contributed by atoms with van der Waals surface area (Å²) >= 11 is 0. The third-order valence-corrected chi connectivity index (χ3v) is 4.99. The predicted octanol–water partition coefficient (Wildman–Crippen LogP) is 3.35. The van der Waals surface area contributed by atoms with Gasteiger partial charge in [-0.05, 0) is 36.8 Å². The molecule has 5 rings (SSSR count). The van der Waals surface area contributed by atoms with Gasteiger partial charge < -0.3 is 10.1 Å². The Hall–Kier alpha value is -3.74. The van der Waals surface area contributed by atoms with Gasteiger partial charge in [0.05, 0.1) is 18.2 Å². The zero-order valence-electron chi connectivity index (χ0n) is 15.9. The van der Waals surface area contributed by atoms with E-state index in [9.17, 15) is 4.79 Å². The number of aromatic nitrogens is 4. The van der Waals surface area contributed by atoms with Crippen molar-refractivity contribution in [3.8, 4) is 17.1 Å². The molecule has 144 valence electrons. The number of benzene rings is 1. The molecule has 0 spiro atoms. The molecular weight excluding hydrogens is 366 g/mol. The fourth-order valence-corrected chi connectivity index (χ4v) is 3.55. The lowest BCUT2D eigenvalue weighted by Crippen LogP contribution is -2.32. The van der Waals surface area contributed by atoms with Gasteiger partial charge in [-0.15, -0.1) is 5.10 Å². The number of carbonyl (C=O) groups excluding carboxylic acids is 1. The number of para-hydroxylation sites is 1. The van der Waals surface area contributed by atoms with Crippen LogP contribution in [0.1, 0.15) is 33.9 Å². The molecule has 1 atom stereocenters. The summed E-state index contributed by atoms with van der Waals surface area (Å²) in [6.45, 7) is 2.56. The summed E-state index contributed by atoms with van der Waals surface area (Å²) in [5, 5.41) is 7.63. The Morgan fingerprint density at radius 3 is 3.00 bits per heavy atom. The maximum Gasteiger partial charge on any atom is 0.253 e. The highest BCUT2D eigenvalue weighted by Crippen LogP contribution is 2.31. The van der Waals surface area contributed by atoms with E-state index < -0.39 is 0 Å². The van der Waals surface area contributed by atoms with Gasteiger partial charge in [0.15, 0.2) is 11.5 Å². The second-order valence-corrected chi connectivity index (χ2v) is 7.11. The zero-order chi connectivity index (χ0) is 19.8. The number of nitrogens with one attached hydrogen (secondary N) is 1. The van der Waals surface area contributed by atoms with Crippen molar-refractivity contribution >= 4 is 11.6 Å². The maximum absolute atomic E-state index is 12.9. The molecule has 4 aromatic rings. The molecule has 1 aromatic carbocycles. The third kappa shape index (κ3) is 3.31. The fourth-order valence-electron chi connectivity index (χ4n) is 3.55. The molecule has 0 saturated heterocycles. The van der Waals surface area contributed by atoms with E-state index in [4.69, 9.17) is 4.74 Å². The highest BCUT2D eigenvalue weighted by atomic mass is 16.5. The predicted molar refractivity (Wildman–Crippen MR) is 108 cm³/mol. The summed E-state index contributed by atoms with van der Waals surface area (Å²) in [4.78, 5) is 21.6. The van der Waals surface area contributed by atoms with E-state index in [0.29, 0.717) is 23.6 Å². The van der Waals surface area contributed by atoms with Crippen molar-refractivity contribution in [3.05, 3.63) is 77.7 Å². The lowest BCUT2D eigenvalue weighted by Gasteiger charge is -2.26. The maximum atomic E-state index is 12.9. The Morgan fingerprint density at radius 2 is 2.10 bits per heavy atom. The first kappa shape index (κ1) is 17.4. The summed E-state index contributed by atoms with van der Waals surface area (Å²) in [5.74, 6) is 1.26. The van der Waals surface area contributed by atoms with Gasteiger partial charge >= 0.3 is 0 Å². The molecule has 1 N–H and O–H groups in total. The number of pyridine rings is 2. The van der Waals surface area contributed by atoms with E-state index in [1.807, 2.05) is 37.3 Å². The average Bonchev–Trinajstić information content (AvgIpc) is 3.17. The molecule has 1 amide bonds. The van der Waals surface area contributed by atoms with Crippen molar-refractivity contribution in [1.29, 1.82) is 0 Å². The molecule has 0 bridgehead atoms. The number of ether oxygens (including phenoxy) is 1. The monoisotopic (exact) mass is 385 g/mol. The van der Waals surface area contributed by atoms with Crippen LogP contribution in [0.2, 0.25) is 0 Å². The Balaban J connectivity index is 1.41. The molecule has 0 aliphatic carbocycles. The van der Waals surface area contributed by atoms with Gasteiger partial charge in [0.2, 0.25) is 0 Å². The van der Waals surface area contributed by atoms with Crippen LogP contribution in [0.4, 0.5) is 0 Å². The van der Waals surface area contributed by atoms with Crippen LogP contribution in [0.15, 0.2) is 61.1 Å². The summed E-state index contributed by atoms with van der Waals surface area (Å²) in [6, 6.07) is 13.3. The van der Waals surface area contributed by atoms with E-state index in [-0.39, 0.29) is 11.9 Å². The molecule has 4 heterocycles. The molecule has 29 heavy (non-hydrogen) atoms. The van der Waals surface area contributed by atoms with Crippen molar-refractivity contribution in [2.45, 2.75) is 19.4 Å². The molecule has 0 fully saturated rings. The van der Waals surface area contributed by atoms with Gasteiger partial charge in [0.25, 0.3) is 5.91 Å². The van der Waals surface area contributed by atoms with Crippen LogP contribution in [-0.2, 0) is 0 Å². The number of amides is 1. The minimum Gasteiger partial charge on any atom is -0.493 e. The number of rotatable bonds is 3. The molecule has 7 heteroatoms. The molecule has 1 aliphatic rings. The van der Waals surface area contributed by atoms with Crippen LogP contribution in [0.5, 0.6) is 5.75 Å². The first-order valence-electron chi connectivity index (χ1n) is 9.48. The third-order valence-electron chi connectivity index (χ3n) is 4.99. The summed E-state index contributed by atoms with van der Waals surface area (Å²) in [7, 11) is 0. The van der Waals surface area contributed by atoms with Gasteiger partial charge in [-0.2, -0.15) is 0 Å². The quantitative estimate of drug-likeness (QED) is 0.585. The molecular formula is C22H19N5O2. The van der Waals surface area contributed by atoms with Crippen LogP contribution < -0.4 is 10.1 Å². The normalized spacial score (nSPS) is 15.6. The van der Waals surface area contributed by atoms with Crippen molar-refractivity contribution in [2.75, 3.05) is 6.61 Å². The van der Waals surface area contributed by atoms with E-state index in [1.165, 1.54) is 0 Å². The van der Waals surface area contributed by atoms with Crippen molar-refractivity contribution < 1.29 is 9.53 Å². The topological polar surface area (TPSA) is 81.4 Å². The van der Waals surface area contributed by atoms with E-state index in [2.05, 4.69) is 20.4 Å². The summed E-state index contributed by atoms with van der Waals surface area (Å²) in [6.07, 6.45) is 5.96. The SMILES string of the molecule is Cc1cncc(-c2nc3ccc(C(=O)N[C@H]4CCOc5ccccc54)cn3n2)c1. The molecule has 0 radical (unpaired) electrons. The van der Waals surface area contributed by atoms with Gasteiger partial charge in [-0.3, -0.25) is 9.78 Å². The first-order chi connectivity index (χ1) is 14.2. The van der Waals surface area contributed by atoms with E-state index in [0.717, 1.165) is 28.9 Å². The summed E-state index contributed by atoms with van der Waals surface area (Å²) < 4.78 is 7.30. The van der Waals surface area contributed by atoms with Crippen LogP contribution in [-0.4, -0.2) is 32.1 Å². The Kier molecular flexibility index (Phi) is 4.20. The number of aryl methyl sites for hydroxylation is 1. The van der Waals surface area contributed by atoms with Crippen LogP contribution in [0.3, 0.4) is 0 Å². The number of hydrogen-bond donors (Lipinski definition) is 1. The highest BCUT2D eigenvalue weighted by Gasteiger charge is 2.23. The van der Waals surface area contributed by atoms with Crippen LogP contribution in [0.25, 0.3) is 17.0 Å². The molecule has 0 unspecified atom stereocenters.